The first kappa shape index (κ1) is 15.1. The number of amidine groups is 1. The molecule has 2 aromatic rings. The maximum atomic E-state index is 12.1. The molecule has 0 bridgehead atoms. The van der Waals surface area contributed by atoms with Crippen LogP contribution in [0.2, 0.25) is 0 Å². The second-order valence-electron chi connectivity index (χ2n) is 4.19. The van der Waals surface area contributed by atoms with Gasteiger partial charge in [0.05, 0.1) is 3.57 Å². The van der Waals surface area contributed by atoms with Gasteiger partial charge in [-0.05, 0) is 52.9 Å². The number of nitrogens with zero attached hydrogens (tertiary/aromatic N) is 1. The summed E-state index contributed by atoms with van der Waals surface area (Å²) in [6.07, 6.45) is 0. The summed E-state index contributed by atoms with van der Waals surface area (Å²) < 4.78 is 0.665. The maximum absolute atomic E-state index is 12.1. The molecule has 21 heavy (non-hydrogen) atoms. The van der Waals surface area contributed by atoms with Crippen LogP contribution in [0, 0.1) is 3.57 Å². The summed E-state index contributed by atoms with van der Waals surface area (Å²) in [5.74, 6) is -0.356. The Balaban J connectivity index is 2.21. The summed E-state index contributed by atoms with van der Waals surface area (Å²) in [6.45, 7) is 0. The number of hydrogen-bond donors (Lipinski definition) is 4. The second kappa shape index (κ2) is 6.44. The molecule has 2 aromatic carbocycles. The minimum absolute atomic E-state index is 0.0435. The number of nitrogens with one attached hydrogen (secondary N) is 1. The van der Waals surface area contributed by atoms with Crippen LogP contribution in [0.15, 0.2) is 47.6 Å². The molecule has 0 saturated heterocycles. The molecule has 0 radical (unpaired) electrons. The summed E-state index contributed by atoms with van der Waals surface area (Å²) in [7, 11) is 0. The van der Waals surface area contributed by atoms with Crippen LogP contribution in [0.3, 0.4) is 0 Å². The second-order valence-corrected chi connectivity index (χ2v) is 5.35. The van der Waals surface area contributed by atoms with Gasteiger partial charge in [-0.2, -0.15) is 0 Å². The molecular formula is C14H12IN3O3. The van der Waals surface area contributed by atoms with Gasteiger partial charge in [0.15, 0.2) is 5.84 Å². The first-order valence-electron chi connectivity index (χ1n) is 5.89. The molecule has 0 unspecified atom stereocenters. The standard InChI is InChI=1S/C14H12IN3O3/c15-11-5-4-9(7-12(11)19)14(20)17-10-3-1-2-8(6-10)13(16)18-21/h1-7,19,21H,(H2,16,18)(H,17,20). The zero-order valence-electron chi connectivity index (χ0n) is 10.7. The van der Waals surface area contributed by atoms with E-state index >= 15 is 0 Å². The number of rotatable bonds is 3. The number of amides is 1. The molecule has 6 nitrogen and oxygen atoms in total. The SMILES string of the molecule is N/C(=N/O)c1cccc(NC(=O)c2ccc(I)c(O)c2)c1. The first-order valence-corrected chi connectivity index (χ1v) is 6.97. The highest BCUT2D eigenvalue weighted by Gasteiger charge is 2.09. The van der Waals surface area contributed by atoms with Crippen LogP contribution in [-0.4, -0.2) is 22.1 Å². The van der Waals surface area contributed by atoms with Crippen LogP contribution in [0.4, 0.5) is 5.69 Å². The van der Waals surface area contributed by atoms with Crippen molar-refractivity contribution in [3.8, 4) is 5.75 Å². The van der Waals surface area contributed by atoms with Gasteiger partial charge in [0.25, 0.3) is 5.91 Å². The molecule has 2 rings (SSSR count). The van der Waals surface area contributed by atoms with Crippen molar-refractivity contribution in [3.63, 3.8) is 0 Å². The minimum atomic E-state index is -0.363. The number of benzene rings is 2. The van der Waals surface area contributed by atoms with E-state index in [0.717, 1.165) is 0 Å². The average Bonchev–Trinajstić information content (AvgIpc) is 2.49. The summed E-state index contributed by atoms with van der Waals surface area (Å²) in [6, 6.07) is 11.3. The minimum Gasteiger partial charge on any atom is -0.507 e. The fourth-order valence-corrected chi connectivity index (χ4v) is 2.01. The smallest absolute Gasteiger partial charge is 0.255 e. The van der Waals surface area contributed by atoms with Crippen molar-refractivity contribution in [2.45, 2.75) is 0 Å². The molecule has 0 atom stereocenters. The molecular weight excluding hydrogens is 385 g/mol. The predicted octanol–water partition coefficient (Wildman–Crippen LogP) is 2.34. The molecule has 108 valence electrons. The third-order valence-electron chi connectivity index (χ3n) is 2.73. The van der Waals surface area contributed by atoms with E-state index in [1.165, 1.54) is 6.07 Å². The van der Waals surface area contributed by atoms with E-state index in [-0.39, 0.29) is 17.5 Å². The molecule has 5 N–H and O–H groups in total. The Hall–Kier alpha value is -2.29. The average molecular weight is 397 g/mol. The fourth-order valence-electron chi connectivity index (χ4n) is 1.67. The maximum Gasteiger partial charge on any atom is 0.255 e. The Kier molecular flexibility index (Phi) is 4.63. The van der Waals surface area contributed by atoms with Gasteiger partial charge < -0.3 is 21.4 Å². The van der Waals surface area contributed by atoms with E-state index in [9.17, 15) is 9.90 Å². The van der Waals surface area contributed by atoms with Gasteiger partial charge in [0, 0.05) is 16.8 Å². The van der Waals surface area contributed by atoms with Crippen molar-refractivity contribution >= 4 is 40.0 Å². The number of oxime groups is 1. The molecule has 0 spiro atoms. The van der Waals surface area contributed by atoms with E-state index in [0.29, 0.717) is 20.4 Å². The van der Waals surface area contributed by atoms with Gasteiger partial charge in [0.2, 0.25) is 0 Å². The summed E-state index contributed by atoms with van der Waals surface area (Å²) >= 11 is 1.97. The highest BCUT2D eigenvalue weighted by Crippen LogP contribution is 2.21. The summed E-state index contributed by atoms with van der Waals surface area (Å²) in [5.41, 5.74) is 6.82. The van der Waals surface area contributed by atoms with Crippen molar-refractivity contribution in [3.05, 3.63) is 57.2 Å². The number of carbonyl (C=O) groups excluding carboxylic acids is 1. The Labute approximate surface area is 134 Å². The number of halogens is 1. The summed E-state index contributed by atoms with van der Waals surface area (Å²) in [5, 5.41) is 23.8. The van der Waals surface area contributed by atoms with Gasteiger partial charge in [-0.25, -0.2) is 0 Å². The predicted molar refractivity (Wildman–Crippen MR) is 87.7 cm³/mol. The van der Waals surface area contributed by atoms with Crippen LogP contribution in [0.25, 0.3) is 0 Å². The highest BCUT2D eigenvalue weighted by molar-refractivity contribution is 14.1. The van der Waals surface area contributed by atoms with E-state index in [2.05, 4.69) is 10.5 Å². The van der Waals surface area contributed by atoms with Crippen LogP contribution in [-0.2, 0) is 0 Å². The lowest BCUT2D eigenvalue weighted by Crippen LogP contribution is -2.15. The molecule has 0 heterocycles. The number of nitrogens with two attached hydrogens (primary N) is 1. The number of carbonyl (C=O) groups is 1. The van der Waals surface area contributed by atoms with Crippen molar-refractivity contribution in [1.29, 1.82) is 0 Å². The van der Waals surface area contributed by atoms with Gasteiger partial charge in [-0.15, -0.1) is 0 Å². The molecule has 1 amide bonds. The Morgan fingerprint density at radius 1 is 1.19 bits per heavy atom. The van der Waals surface area contributed by atoms with Gasteiger partial charge in [-0.1, -0.05) is 17.3 Å². The third kappa shape index (κ3) is 3.63. The van der Waals surface area contributed by atoms with Crippen molar-refractivity contribution in [2.24, 2.45) is 10.9 Å². The van der Waals surface area contributed by atoms with Gasteiger partial charge in [0.1, 0.15) is 5.75 Å². The fraction of sp³-hybridized carbons (Fsp3) is 0. The number of anilines is 1. The number of phenols is 1. The number of aromatic hydroxyl groups is 1. The largest absolute Gasteiger partial charge is 0.507 e. The van der Waals surface area contributed by atoms with Crippen LogP contribution < -0.4 is 11.1 Å². The van der Waals surface area contributed by atoms with Crippen molar-refractivity contribution in [1.82, 2.24) is 0 Å². The Bertz CT molecular complexity index is 716. The Morgan fingerprint density at radius 2 is 1.95 bits per heavy atom. The van der Waals surface area contributed by atoms with Crippen LogP contribution >= 0.6 is 22.6 Å². The van der Waals surface area contributed by atoms with E-state index in [4.69, 9.17) is 10.9 Å². The van der Waals surface area contributed by atoms with Crippen LogP contribution in [0.5, 0.6) is 5.75 Å². The monoisotopic (exact) mass is 397 g/mol. The topological polar surface area (TPSA) is 108 Å². The molecule has 0 saturated carbocycles. The molecule has 0 aromatic heterocycles. The van der Waals surface area contributed by atoms with E-state index in [1.807, 2.05) is 22.6 Å². The summed E-state index contributed by atoms with van der Waals surface area (Å²) in [4.78, 5) is 12.1. The molecule has 0 aliphatic carbocycles. The lowest BCUT2D eigenvalue weighted by molar-refractivity contribution is 0.102. The normalized spacial score (nSPS) is 11.2. The molecule has 7 heteroatoms. The quantitative estimate of drug-likeness (QED) is 0.210. The van der Waals surface area contributed by atoms with Crippen LogP contribution in [0.1, 0.15) is 15.9 Å². The van der Waals surface area contributed by atoms with E-state index in [1.54, 1.807) is 36.4 Å². The molecule has 0 fully saturated rings. The number of hydrogen-bond acceptors (Lipinski definition) is 4. The zero-order valence-corrected chi connectivity index (χ0v) is 12.9. The Morgan fingerprint density at radius 3 is 2.62 bits per heavy atom. The van der Waals surface area contributed by atoms with Crippen molar-refractivity contribution < 1.29 is 15.1 Å². The first-order chi connectivity index (χ1) is 10.0. The highest BCUT2D eigenvalue weighted by atomic mass is 127. The zero-order chi connectivity index (χ0) is 15.4. The van der Waals surface area contributed by atoms with E-state index < -0.39 is 0 Å². The number of phenolic OH excluding ortho intramolecular Hbond substituents is 1. The third-order valence-corrected chi connectivity index (χ3v) is 3.64. The van der Waals surface area contributed by atoms with Gasteiger partial charge >= 0.3 is 0 Å². The van der Waals surface area contributed by atoms with Crippen molar-refractivity contribution in [2.75, 3.05) is 5.32 Å². The molecule has 0 aliphatic rings. The van der Waals surface area contributed by atoms with Gasteiger partial charge in [-0.3, -0.25) is 4.79 Å². The molecule has 0 aliphatic heterocycles. The lowest BCUT2D eigenvalue weighted by Gasteiger charge is -2.07. The lowest BCUT2D eigenvalue weighted by atomic mass is 10.1.